The molecule has 2 unspecified atom stereocenters. The summed E-state index contributed by atoms with van der Waals surface area (Å²) >= 11 is 0. The first-order valence-corrected chi connectivity index (χ1v) is 7.25. The highest BCUT2D eigenvalue weighted by Crippen LogP contribution is 2.09. The van der Waals surface area contributed by atoms with Crippen LogP contribution in [0.25, 0.3) is 0 Å². The molecule has 1 amide bonds. The van der Waals surface area contributed by atoms with Crippen LogP contribution >= 0.6 is 0 Å². The van der Waals surface area contributed by atoms with Crippen molar-refractivity contribution in [3.05, 3.63) is 0 Å². The molecule has 5 heteroatoms. The van der Waals surface area contributed by atoms with Crippen LogP contribution in [0.4, 0.5) is 0 Å². The van der Waals surface area contributed by atoms with Crippen molar-refractivity contribution in [1.82, 2.24) is 15.1 Å². The van der Waals surface area contributed by atoms with Gasteiger partial charge in [0.05, 0.1) is 18.2 Å². The maximum Gasteiger partial charge on any atom is 0.237 e. The van der Waals surface area contributed by atoms with Crippen LogP contribution in [0.15, 0.2) is 0 Å². The largest absolute Gasteiger partial charge is 0.355 e. The lowest BCUT2D eigenvalue weighted by molar-refractivity contribution is -0.126. The zero-order chi connectivity index (χ0) is 14.3. The van der Waals surface area contributed by atoms with E-state index in [-0.39, 0.29) is 18.0 Å². The zero-order valence-corrected chi connectivity index (χ0v) is 12.4. The Hall–Kier alpha value is -1.12. The van der Waals surface area contributed by atoms with Crippen LogP contribution in [0.3, 0.4) is 0 Å². The number of hydrogen-bond acceptors (Lipinski definition) is 4. The predicted octanol–water partition coefficient (Wildman–Crippen LogP) is 0.821. The molecule has 1 rings (SSSR count). The Morgan fingerprint density at radius 3 is 2.37 bits per heavy atom. The second-order valence-electron chi connectivity index (χ2n) is 5.20. The highest BCUT2D eigenvalue weighted by atomic mass is 16.2. The number of piperazine rings is 1. The van der Waals surface area contributed by atoms with E-state index in [1.165, 1.54) is 0 Å². The van der Waals surface area contributed by atoms with Gasteiger partial charge in [0.1, 0.15) is 0 Å². The summed E-state index contributed by atoms with van der Waals surface area (Å²) in [5, 5.41) is 11.9. The molecule has 2 atom stereocenters. The minimum absolute atomic E-state index is 0.0316. The Morgan fingerprint density at radius 1 is 1.26 bits per heavy atom. The Balaban J connectivity index is 2.34. The van der Waals surface area contributed by atoms with Crippen LogP contribution in [0, 0.1) is 11.3 Å². The molecular weight excluding hydrogens is 240 g/mol. The zero-order valence-electron chi connectivity index (χ0n) is 12.4. The van der Waals surface area contributed by atoms with E-state index in [2.05, 4.69) is 28.1 Å². The second kappa shape index (κ2) is 8.13. The van der Waals surface area contributed by atoms with Gasteiger partial charge in [-0.15, -0.1) is 0 Å². The fourth-order valence-corrected chi connectivity index (χ4v) is 2.30. The fraction of sp³-hybridized carbons (Fsp3) is 0.857. The summed E-state index contributed by atoms with van der Waals surface area (Å²) in [6.07, 6.45) is 2.13. The van der Waals surface area contributed by atoms with Crippen molar-refractivity contribution >= 4 is 5.91 Å². The molecule has 19 heavy (non-hydrogen) atoms. The topological polar surface area (TPSA) is 59.4 Å². The highest BCUT2D eigenvalue weighted by Gasteiger charge is 2.26. The van der Waals surface area contributed by atoms with Crippen molar-refractivity contribution in [3.8, 4) is 6.07 Å². The number of unbranched alkanes of at least 4 members (excludes halogenated alkanes) is 1. The highest BCUT2D eigenvalue weighted by molar-refractivity contribution is 5.81. The van der Waals surface area contributed by atoms with Gasteiger partial charge >= 0.3 is 0 Å². The van der Waals surface area contributed by atoms with Crippen molar-refractivity contribution in [3.63, 3.8) is 0 Å². The molecule has 1 saturated heterocycles. The Morgan fingerprint density at radius 2 is 1.84 bits per heavy atom. The van der Waals surface area contributed by atoms with Crippen LogP contribution in [-0.2, 0) is 4.79 Å². The lowest BCUT2D eigenvalue weighted by Gasteiger charge is -2.38. The van der Waals surface area contributed by atoms with E-state index >= 15 is 0 Å². The van der Waals surface area contributed by atoms with Gasteiger partial charge in [-0.05, 0) is 20.3 Å². The predicted molar refractivity (Wildman–Crippen MR) is 75.6 cm³/mol. The van der Waals surface area contributed by atoms with Crippen LogP contribution in [-0.4, -0.2) is 60.5 Å². The van der Waals surface area contributed by atoms with E-state index in [1.54, 1.807) is 0 Å². The number of carbonyl (C=O) groups excluding carboxylic acids is 1. The number of hydrogen-bond donors (Lipinski definition) is 1. The maximum absolute atomic E-state index is 12.0. The Kier molecular flexibility index (Phi) is 6.82. The normalized spacial score (nSPS) is 20.5. The van der Waals surface area contributed by atoms with Crippen LogP contribution in [0.1, 0.15) is 33.6 Å². The molecule has 0 aliphatic carbocycles. The van der Waals surface area contributed by atoms with Gasteiger partial charge in [0.25, 0.3) is 0 Å². The third-order valence-electron chi connectivity index (χ3n) is 3.84. The molecule has 1 N–H and O–H groups in total. The summed E-state index contributed by atoms with van der Waals surface area (Å²) in [5.74, 6) is 0.121. The quantitative estimate of drug-likeness (QED) is 0.723. The molecule has 5 nitrogen and oxygen atoms in total. The van der Waals surface area contributed by atoms with E-state index in [4.69, 9.17) is 5.26 Å². The first-order valence-electron chi connectivity index (χ1n) is 7.25. The lowest BCUT2D eigenvalue weighted by Crippen LogP contribution is -2.55. The van der Waals surface area contributed by atoms with E-state index in [0.29, 0.717) is 0 Å². The van der Waals surface area contributed by atoms with Crippen molar-refractivity contribution < 1.29 is 4.79 Å². The summed E-state index contributed by atoms with van der Waals surface area (Å²) in [6, 6.07) is 2.16. The molecule has 0 spiro atoms. The standard InChI is InChI=1S/C14H26N4O/c1-4-5-6-16-14(19)13(3)18-9-7-17(8-10-18)12(2)11-15/h12-13H,4-10H2,1-3H3,(H,16,19). The Bertz CT molecular complexity index is 318. The number of nitrogens with zero attached hydrogens (tertiary/aromatic N) is 3. The average molecular weight is 266 g/mol. The molecule has 1 aliphatic rings. The summed E-state index contributed by atoms with van der Waals surface area (Å²) < 4.78 is 0. The van der Waals surface area contributed by atoms with Crippen LogP contribution < -0.4 is 5.32 Å². The summed E-state index contributed by atoms with van der Waals surface area (Å²) in [5.41, 5.74) is 0. The minimum Gasteiger partial charge on any atom is -0.355 e. The number of nitriles is 1. The molecule has 0 bridgehead atoms. The van der Waals surface area contributed by atoms with Crippen LogP contribution in [0.5, 0.6) is 0 Å². The number of nitrogens with one attached hydrogen (secondary N) is 1. The Labute approximate surface area is 116 Å². The molecule has 0 aromatic heterocycles. The molecule has 108 valence electrons. The fourth-order valence-electron chi connectivity index (χ4n) is 2.30. The first-order chi connectivity index (χ1) is 9.10. The smallest absolute Gasteiger partial charge is 0.237 e. The van der Waals surface area contributed by atoms with E-state index in [0.717, 1.165) is 45.6 Å². The van der Waals surface area contributed by atoms with Crippen molar-refractivity contribution in [2.75, 3.05) is 32.7 Å². The van der Waals surface area contributed by atoms with E-state index in [1.807, 2.05) is 13.8 Å². The minimum atomic E-state index is -0.0728. The number of carbonyl (C=O) groups is 1. The van der Waals surface area contributed by atoms with Crippen molar-refractivity contribution in [1.29, 1.82) is 5.26 Å². The van der Waals surface area contributed by atoms with Gasteiger partial charge in [-0.2, -0.15) is 5.26 Å². The van der Waals surface area contributed by atoms with Gasteiger partial charge < -0.3 is 5.32 Å². The third-order valence-corrected chi connectivity index (χ3v) is 3.84. The monoisotopic (exact) mass is 266 g/mol. The first kappa shape index (κ1) is 15.9. The van der Waals surface area contributed by atoms with Gasteiger partial charge in [0, 0.05) is 32.7 Å². The van der Waals surface area contributed by atoms with Gasteiger partial charge in [-0.1, -0.05) is 13.3 Å². The van der Waals surface area contributed by atoms with E-state index in [9.17, 15) is 4.79 Å². The molecule has 1 fully saturated rings. The number of amides is 1. The van der Waals surface area contributed by atoms with Gasteiger partial charge in [0.15, 0.2) is 0 Å². The van der Waals surface area contributed by atoms with Gasteiger partial charge in [0.2, 0.25) is 5.91 Å². The van der Waals surface area contributed by atoms with Crippen LogP contribution in [0.2, 0.25) is 0 Å². The maximum atomic E-state index is 12.0. The summed E-state index contributed by atoms with van der Waals surface area (Å²) in [7, 11) is 0. The second-order valence-corrected chi connectivity index (χ2v) is 5.20. The SMILES string of the molecule is CCCCNC(=O)C(C)N1CCN(C(C)C#N)CC1. The van der Waals surface area contributed by atoms with Crippen molar-refractivity contribution in [2.24, 2.45) is 0 Å². The van der Waals surface area contributed by atoms with E-state index < -0.39 is 0 Å². The molecule has 0 aromatic rings. The molecular formula is C14H26N4O. The molecule has 0 radical (unpaired) electrons. The molecule has 1 heterocycles. The number of rotatable bonds is 6. The molecule has 0 saturated carbocycles. The van der Waals surface area contributed by atoms with Crippen molar-refractivity contribution in [2.45, 2.75) is 45.7 Å². The average Bonchev–Trinajstić information content (AvgIpc) is 2.46. The third kappa shape index (κ3) is 4.81. The lowest BCUT2D eigenvalue weighted by atomic mass is 10.2. The van der Waals surface area contributed by atoms with Gasteiger partial charge in [-0.25, -0.2) is 0 Å². The molecule has 1 aliphatic heterocycles. The summed E-state index contributed by atoms with van der Waals surface area (Å²) in [4.78, 5) is 16.3. The molecule has 0 aromatic carbocycles. The van der Waals surface area contributed by atoms with Gasteiger partial charge in [-0.3, -0.25) is 14.6 Å². The summed E-state index contributed by atoms with van der Waals surface area (Å²) in [6.45, 7) is 10.2.